The number of aliphatic hydroxyl groups excluding tert-OH is 1. The first-order valence-corrected chi connectivity index (χ1v) is 10.5. The van der Waals surface area contributed by atoms with Gasteiger partial charge >= 0.3 is 6.18 Å². The van der Waals surface area contributed by atoms with Crippen LogP contribution in [0.15, 0.2) is 30.3 Å². The van der Waals surface area contributed by atoms with Gasteiger partial charge in [-0.05, 0) is 61.1 Å². The molecule has 0 spiro atoms. The molecule has 1 aliphatic rings. The van der Waals surface area contributed by atoms with Crippen molar-refractivity contribution in [1.29, 1.82) is 0 Å². The Balaban J connectivity index is 2.16. The highest BCUT2D eigenvalue weighted by molar-refractivity contribution is 5.89. The van der Waals surface area contributed by atoms with E-state index in [1.54, 1.807) is 25.1 Å². The molecule has 1 saturated carbocycles. The van der Waals surface area contributed by atoms with Gasteiger partial charge in [-0.25, -0.2) is 0 Å². The Morgan fingerprint density at radius 3 is 2.17 bits per heavy atom. The van der Waals surface area contributed by atoms with Crippen molar-refractivity contribution in [1.82, 2.24) is 0 Å². The fourth-order valence-corrected chi connectivity index (χ4v) is 4.47. The summed E-state index contributed by atoms with van der Waals surface area (Å²) < 4.78 is 48.9. The smallest absolute Gasteiger partial charge is 0.420 e. The first-order valence-electron chi connectivity index (χ1n) is 10.5. The molecule has 1 aliphatic carbocycles. The third-order valence-electron chi connectivity index (χ3n) is 6.59. The number of hydrogen-bond donors (Lipinski definition) is 2. The van der Waals surface area contributed by atoms with Gasteiger partial charge in [0.05, 0.1) is 12.1 Å². The lowest BCUT2D eigenvalue weighted by Gasteiger charge is -2.47. The van der Waals surface area contributed by atoms with Crippen molar-refractivity contribution in [3.05, 3.63) is 41.5 Å². The maximum atomic E-state index is 14.2. The van der Waals surface area contributed by atoms with Gasteiger partial charge in [0.1, 0.15) is 16.9 Å². The van der Waals surface area contributed by atoms with Gasteiger partial charge < -0.3 is 15.6 Å². The quantitative estimate of drug-likeness (QED) is 0.620. The van der Waals surface area contributed by atoms with Crippen LogP contribution in [0.4, 0.5) is 13.2 Å². The van der Waals surface area contributed by atoms with Crippen LogP contribution in [0.5, 0.6) is 5.75 Å². The second kappa shape index (κ2) is 7.72. The molecule has 0 aromatic heterocycles. The van der Waals surface area contributed by atoms with Gasteiger partial charge in [0.15, 0.2) is 0 Å². The molecule has 3 N–H and O–H groups in total. The Kier molecular flexibility index (Phi) is 5.89. The van der Waals surface area contributed by atoms with E-state index in [9.17, 15) is 18.3 Å². The number of aliphatic hydroxyl groups is 1. The van der Waals surface area contributed by atoms with E-state index < -0.39 is 22.9 Å². The molecule has 0 aliphatic heterocycles. The lowest BCUT2D eigenvalue weighted by molar-refractivity contribution is -0.141. The monoisotopic (exact) mass is 423 g/mol. The Hall–Kier alpha value is -1.79. The fourth-order valence-electron chi connectivity index (χ4n) is 4.47. The molecule has 0 unspecified atom stereocenters. The minimum Gasteiger partial charge on any atom is -0.486 e. The average Bonchev–Trinajstić information content (AvgIpc) is 2.66. The second-order valence-electron chi connectivity index (χ2n) is 9.85. The lowest BCUT2D eigenvalue weighted by Crippen LogP contribution is -2.49. The van der Waals surface area contributed by atoms with E-state index in [1.807, 2.05) is 20.8 Å². The first kappa shape index (κ1) is 22.9. The largest absolute Gasteiger partial charge is 0.486 e. The molecule has 1 fully saturated rings. The van der Waals surface area contributed by atoms with Gasteiger partial charge in [-0.15, -0.1) is 0 Å². The van der Waals surface area contributed by atoms with Crippen LogP contribution in [0.3, 0.4) is 0 Å². The zero-order valence-electron chi connectivity index (χ0n) is 18.2. The Labute approximate surface area is 176 Å². The topological polar surface area (TPSA) is 55.5 Å². The van der Waals surface area contributed by atoms with Crippen molar-refractivity contribution in [2.75, 3.05) is 6.61 Å². The van der Waals surface area contributed by atoms with Crippen LogP contribution in [0.1, 0.15) is 70.9 Å². The van der Waals surface area contributed by atoms with Gasteiger partial charge in [-0.2, -0.15) is 13.2 Å². The van der Waals surface area contributed by atoms with Crippen molar-refractivity contribution in [2.45, 2.75) is 77.1 Å². The fraction of sp³-hybridized carbons (Fsp3) is 0.583. The molecule has 166 valence electrons. The van der Waals surface area contributed by atoms with Gasteiger partial charge in [-0.1, -0.05) is 45.4 Å². The molecule has 3 nitrogen and oxygen atoms in total. The normalized spacial score (nSPS) is 19.5. The van der Waals surface area contributed by atoms with Crippen LogP contribution in [0.25, 0.3) is 10.8 Å². The van der Waals surface area contributed by atoms with E-state index in [4.69, 9.17) is 10.5 Å². The average molecular weight is 424 g/mol. The molecule has 3 rings (SSSR count). The van der Waals surface area contributed by atoms with E-state index in [-0.39, 0.29) is 23.2 Å². The molecule has 2 aromatic rings. The predicted octanol–water partition coefficient (Wildman–Crippen LogP) is 6.15. The highest BCUT2D eigenvalue weighted by Crippen LogP contribution is 2.49. The maximum Gasteiger partial charge on any atom is 0.420 e. The van der Waals surface area contributed by atoms with Crippen LogP contribution in [0, 0.1) is 5.41 Å². The summed E-state index contributed by atoms with van der Waals surface area (Å²) in [6, 6.07) is 7.69. The van der Waals surface area contributed by atoms with Crippen molar-refractivity contribution in [2.24, 2.45) is 11.1 Å². The number of rotatable bonds is 4. The molecule has 0 heterocycles. The molecular weight excluding hydrogens is 391 g/mol. The summed E-state index contributed by atoms with van der Waals surface area (Å²) in [5.41, 5.74) is 3.95. The summed E-state index contributed by atoms with van der Waals surface area (Å²) in [7, 11) is 0. The number of alkyl halides is 3. The highest BCUT2D eigenvalue weighted by Gasteiger charge is 2.47. The molecule has 2 aromatic carbocycles. The van der Waals surface area contributed by atoms with Gasteiger partial charge in [-0.3, -0.25) is 0 Å². The number of ether oxygens (including phenoxy) is 1. The summed E-state index contributed by atoms with van der Waals surface area (Å²) >= 11 is 0. The molecule has 6 heteroatoms. The predicted molar refractivity (Wildman–Crippen MR) is 113 cm³/mol. The summed E-state index contributed by atoms with van der Waals surface area (Å²) in [4.78, 5) is 0. The second-order valence-corrected chi connectivity index (χ2v) is 9.85. The summed E-state index contributed by atoms with van der Waals surface area (Å²) in [5.74, 6) is -0.114. The molecule has 0 saturated heterocycles. The van der Waals surface area contributed by atoms with Crippen LogP contribution >= 0.6 is 0 Å². The molecule has 1 atom stereocenters. The van der Waals surface area contributed by atoms with E-state index in [0.717, 1.165) is 32.1 Å². The molecule has 0 bridgehead atoms. The van der Waals surface area contributed by atoms with Crippen molar-refractivity contribution in [3.8, 4) is 5.75 Å². The third kappa shape index (κ3) is 4.17. The Morgan fingerprint density at radius 1 is 1.00 bits per heavy atom. The van der Waals surface area contributed by atoms with Gasteiger partial charge in [0, 0.05) is 5.41 Å². The van der Waals surface area contributed by atoms with Crippen LogP contribution < -0.4 is 10.5 Å². The van der Waals surface area contributed by atoms with Crippen molar-refractivity contribution < 1.29 is 23.0 Å². The zero-order valence-corrected chi connectivity index (χ0v) is 18.2. The van der Waals surface area contributed by atoms with Crippen molar-refractivity contribution in [3.63, 3.8) is 0 Å². The number of benzene rings is 2. The first-order chi connectivity index (χ1) is 13.8. The van der Waals surface area contributed by atoms with Gasteiger partial charge in [0.2, 0.25) is 0 Å². The number of hydrogen-bond acceptors (Lipinski definition) is 3. The zero-order chi connectivity index (χ0) is 22.4. The molecule has 0 radical (unpaired) electrons. The Bertz CT molecular complexity index is 907. The lowest BCUT2D eigenvalue weighted by atomic mass is 9.68. The number of halogens is 3. The third-order valence-corrected chi connectivity index (χ3v) is 6.59. The standard InChI is InChI=1S/C24H32F3NO2/c1-21(2,3)23(12-6-5-7-13-23)30-19-11-8-16-14-17(22(4,28)15-29)9-10-18(16)20(19)24(25,26)27/h8-11,14,29H,5-7,12-13,15,28H2,1-4H3/t22-/m1/s1. The summed E-state index contributed by atoms with van der Waals surface area (Å²) in [6.45, 7) is 7.45. The molecule has 0 amide bonds. The summed E-state index contributed by atoms with van der Waals surface area (Å²) in [6.07, 6.45) is -0.0964. The van der Waals surface area contributed by atoms with E-state index in [1.165, 1.54) is 12.1 Å². The van der Waals surface area contributed by atoms with Crippen LogP contribution in [-0.4, -0.2) is 17.3 Å². The number of fused-ring (bicyclic) bond motifs is 1. The maximum absolute atomic E-state index is 14.2. The Morgan fingerprint density at radius 2 is 1.63 bits per heavy atom. The molecular formula is C24H32F3NO2. The van der Waals surface area contributed by atoms with Gasteiger partial charge in [0.25, 0.3) is 0 Å². The van der Waals surface area contributed by atoms with E-state index >= 15 is 0 Å². The van der Waals surface area contributed by atoms with Crippen LogP contribution in [0.2, 0.25) is 0 Å². The number of nitrogens with two attached hydrogens (primary N) is 1. The minimum absolute atomic E-state index is 0.0809. The SMILES string of the molecule is CC(C)(C)C1(Oc2ccc3cc([C@](C)(N)CO)ccc3c2C(F)(F)F)CCCCC1. The van der Waals surface area contributed by atoms with Crippen LogP contribution in [-0.2, 0) is 11.7 Å². The van der Waals surface area contributed by atoms with Crippen molar-refractivity contribution >= 4 is 10.8 Å². The minimum atomic E-state index is -4.56. The molecule has 30 heavy (non-hydrogen) atoms. The van der Waals surface area contributed by atoms with E-state index in [0.29, 0.717) is 10.9 Å². The van der Waals surface area contributed by atoms with E-state index in [2.05, 4.69) is 0 Å². The highest BCUT2D eigenvalue weighted by atomic mass is 19.4. The summed E-state index contributed by atoms with van der Waals surface area (Å²) in [5, 5.41) is 10.0.